The average Bonchev–Trinajstić information content (AvgIpc) is 3.00. The second kappa shape index (κ2) is 7.43. The van der Waals surface area contributed by atoms with Crippen molar-refractivity contribution in [1.29, 1.82) is 0 Å². The molecule has 0 spiro atoms. The molecule has 0 saturated heterocycles. The van der Waals surface area contributed by atoms with Crippen molar-refractivity contribution in [1.82, 2.24) is 9.88 Å². The van der Waals surface area contributed by atoms with Gasteiger partial charge < -0.3 is 10.2 Å². The fourth-order valence-corrected chi connectivity index (χ4v) is 3.03. The molecule has 0 atom stereocenters. The van der Waals surface area contributed by atoms with Crippen LogP contribution < -0.4 is 5.32 Å². The van der Waals surface area contributed by atoms with E-state index in [2.05, 4.69) is 17.2 Å². The van der Waals surface area contributed by atoms with Gasteiger partial charge in [-0.1, -0.05) is 26.2 Å². The molecule has 1 heterocycles. The summed E-state index contributed by atoms with van der Waals surface area (Å²) in [5.41, 5.74) is 1.76. The smallest absolute Gasteiger partial charge is 0.254 e. The van der Waals surface area contributed by atoms with Crippen LogP contribution in [0.5, 0.6) is 0 Å². The highest BCUT2D eigenvalue weighted by Gasteiger charge is 2.24. The summed E-state index contributed by atoms with van der Waals surface area (Å²) < 4.78 is 0. The first-order chi connectivity index (χ1) is 10.2. The van der Waals surface area contributed by atoms with E-state index >= 15 is 0 Å². The van der Waals surface area contributed by atoms with E-state index in [9.17, 15) is 4.79 Å². The molecule has 1 saturated carbocycles. The van der Waals surface area contributed by atoms with Gasteiger partial charge in [0.1, 0.15) is 5.82 Å². The van der Waals surface area contributed by atoms with Crippen LogP contribution in [0, 0.1) is 0 Å². The lowest BCUT2D eigenvalue weighted by Crippen LogP contribution is -2.35. The number of nitrogens with zero attached hydrogens (tertiary/aromatic N) is 2. The van der Waals surface area contributed by atoms with Crippen LogP contribution in [0.25, 0.3) is 0 Å². The SMILES string of the molecule is CCCc1cc(C(=O)N(C)C2CCCC2)cc(NCC)n1. The van der Waals surface area contributed by atoms with Crippen LogP contribution in [0.15, 0.2) is 12.1 Å². The predicted molar refractivity (Wildman–Crippen MR) is 86.7 cm³/mol. The summed E-state index contributed by atoms with van der Waals surface area (Å²) in [4.78, 5) is 19.2. The molecule has 1 fully saturated rings. The maximum absolute atomic E-state index is 12.7. The minimum absolute atomic E-state index is 0.126. The fraction of sp³-hybridized carbons (Fsp3) is 0.647. The highest BCUT2D eigenvalue weighted by Crippen LogP contribution is 2.24. The number of aromatic nitrogens is 1. The lowest BCUT2D eigenvalue weighted by atomic mass is 10.1. The first-order valence-electron chi connectivity index (χ1n) is 8.17. The van der Waals surface area contributed by atoms with Crippen molar-refractivity contribution in [3.8, 4) is 0 Å². The first-order valence-corrected chi connectivity index (χ1v) is 8.17. The van der Waals surface area contributed by atoms with Crippen LogP contribution in [-0.2, 0) is 6.42 Å². The van der Waals surface area contributed by atoms with E-state index in [4.69, 9.17) is 0 Å². The minimum atomic E-state index is 0.126. The van der Waals surface area contributed by atoms with Crippen molar-refractivity contribution in [2.24, 2.45) is 0 Å². The van der Waals surface area contributed by atoms with E-state index in [0.717, 1.165) is 49.3 Å². The molecule has 1 aromatic heterocycles. The Hall–Kier alpha value is -1.58. The number of aryl methyl sites for hydroxylation is 1. The summed E-state index contributed by atoms with van der Waals surface area (Å²) in [6, 6.07) is 4.25. The molecule has 4 nitrogen and oxygen atoms in total. The fourth-order valence-electron chi connectivity index (χ4n) is 3.03. The molecular formula is C17H27N3O. The number of rotatable bonds is 6. The number of nitrogens with one attached hydrogen (secondary N) is 1. The van der Waals surface area contributed by atoms with Gasteiger partial charge in [-0.2, -0.15) is 0 Å². The lowest BCUT2D eigenvalue weighted by Gasteiger charge is -2.24. The second-order valence-electron chi connectivity index (χ2n) is 5.87. The van der Waals surface area contributed by atoms with E-state index in [1.807, 2.05) is 31.0 Å². The highest BCUT2D eigenvalue weighted by molar-refractivity contribution is 5.95. The van der Waals surface area contributed by atoms with Gasteiger partial charge in [0.25, 0.3) is 5.91 Å². The molecule has 0 aliphatic heterocycles. The summed E-state index contributed by atoms with van der Waals surface area (Å²) in [6.45, 7) is 4.99. The van der Waals surface area contributed by atoms with Crippen LogP contribution in [0.4, 0.5) is 5.82 Å². The standard InChI is InChI=1S/C17H27N3O/c1-4-8-14-11-13(12-16(19-14)18-5-2)17(21)20(3)15-9-6-7-10-15/h11-12,15H,4-10H2,1-3H3,(H,18,19). The molecule has 4 heteroatoms. The molecule has 0 radical (unpaired) electrons. The van der Waals surface area contributed by atoms with E-state index in [1.54, 1.807) is 0 Å². The van der Waals surface area contributed by atoms with Crippen molar-refractivity contribution in [3.63, 3.8) is 0 Å². The minimum Gasteiger partial charge on any atom is -0.370 e. The van der Waals surface area contributed by atoms with Crippen LogP contribution in [-0.4, -0.2) is 35.4 Å². The van der Waals surface area contributed by atoms with E-state index < -0.39 is 0 Å². The third-order valence-electron chi connectivity index (χ3n) is 4.18. The van der Waals surface area contributed by atoms with Crippen molar-refractivity contribution in [2.45, 2.75) is 58.4 Å². The number of amides is 1. The van der Waals surface area contributed by atoms with Gasteiger partial charge in [0.05, 0.1) is 0 Å². The van der Waals surface area contributed by atoms with Gasteiger partial charge >= 0.3 is 0 Å². The number of anilines is 1. The zero-order valence-corrected chi connectivity index (χ0v) is 13.5. The second-order valence-corrected chi connectivity index (χ2v) is 5.87. The van der Waals surface area contributed by atoms with Gasteiger partial charge in [-0.3, -0.25) is 4.79 Å². The van der Waals surface area contributed by atoms with E-state index in [0.29, 0.717) is 6.04 Å². The Balaban J connectivity index is 2.21. The van der Waals surface area contributed by atoms with Gasteiger partial charge in [-0.15, -0.1) is 0 Å². The third kappa shape index (κ3) is 3.96. The molecule has 1 amide bonds. The Bertz CT molecular complexity index is 457. The first kappa shape index (κ1) is 15.8. The Morgan fingerprint density at radius 2 is 2.05 bits per heavy atom. The van der Waals surface area contributed by atoms with Crippen molar-refractivity contribution >= 4 is 11.7 Å². The normalized spacial score (nSPS) is 15.2. The molecule has 0 bridgehead atoms. The van der Waals surface area contributed by atoms with E-state index in [1.165, 1.54) is 12.8 Å². The van der Waals surface area contributed by atoms with Crippen LogP contribution in [0.2, 0.25) is 0 Å². The Kier molecular flexibility index (Phi) is 5.59. The zero-order valence-electron chi connectivity index (χ0n) is 13.5. The van der Waals surface area contributed by atoms with Gasteiger partial charge in [0, 0.05) is 30.9 Å². The van der Waals surface area contributed by atoms with Gasteiger partial charge in [-0.05, 0) is 38.3 Å². The van der Waals surface area contributed by atoms with Crippen molar-refractivity contribution < 1.29 is 4.79 Å². The number of carbonyl (C=O) groups excluding carboxylic acids is 1. The van der Waals surface area contributed by atoms with Crippen molar-refractivity contribution in [3.05, 3.63) is 23.4 Å². The lowest BCUT2D eigenvalue weighted by molar-refractivity contribution is 0.0735. The Labute approximate surface area is 127 Å². The largest absolute Gasteiger partial charge is 0.370 e. The molecule has 1 aliphatic carbocycles. The summed E-state index contributed by atoms with van der Waals surface area (Å²) >= 11 is 0. The molecule has 116 valence electrons. The molecule has 21 heavy (non-hydrogen) atoms. The van der Waals surface area contributed by atoms with Gasteiger partial charge in [0.15, 0.2) is 0 Å². The maximum atomic E-state index is 12.7. The summed E-state index contributed by atoms with van der Waals surface area (Å²) in [5, 5.41) is 3.23. The third-order valence-corrected chi connectivity index (χ3v) is 4.18. The molecule has 1 aromatic rings. The number of carbonyl (C=O) groups is 1. The predicted octanol–water partition coefficient (Wildman–Crippen LogP) is 3.48. The van der Waals surface area contributed by atoms with Crippen LogP contribution in [0.3, 0.4) is 0 Å². The Morgan fingerprint density at radius 1 is 1.33 bits per heavy atom. The monoisotopic (exact) mass is 289 g/mol. The number of hydrogen-bond donors (Lipinski definition) is 1. The van der Waals surface area contributed by atoms with Crippen LogP contribution in [0.1, 0.15) is 62.0 Å². The van der Waals surface area contributed by atoms with Crippen molar-refractivity contribution in [2.75, 3.05) is 18.9 Å². The molecule has 1 N–H and O–H groups in total. The molecular weight excluding hydrogens is 262 g/mol. The molecule has 2 rings (SSSR count). The van der Waals surface area contributed by atoms with Gasteiger partial charge in [-0.25, -0.2) is 4.98 Å². The zero-order chi connectivity index (χ0) is 15.2. The van der Waals surface area contributed by atoms with Gasteiger partial charge in [0.2, 0.25) is 0 Å². The number of hydrogen-bond acceptors (Lipinski definition) is 3. The van der Waals surface area contributed by atoms with E-state index in [-0.39, 0.29) is 5.91 Å². The maximum Gasteiger partial charge on any atom is 0.254 e. The highest BCUT2D eigenvalue weighted by atomic mass is 16.2. The summed E-state index contributed by atoms with van der Waals surface area (Å²) in [6.07, 6.45) is 6.69. The van der Waals surface area contributed by atoms with Crippen LogP contribution >= 0.6 is 0 Å². The average molecular weight is 289 g/mol. The number of pyridine rings is 1. The summed E-state index contributed by atoms with van der Waals surface area (Å²) in [7, 11) is 1.94. The molecule has 0 aromatic carbocycles. The summed E-state index contributed by atoms with van der Waals surface area (Å²) in [5.74, 6) is 0.937. The molecule has 1 aliphatic rings. The molecule has 0 unspecified atom stereocenters. The topological polar surface area (TPSA) is 45.2 Å². The Morgan fingerprint density at radius 3 is 2.67 bits per heavy atom. The quantitative estimate of drug-likeness (QED) is 0.872.